The smallest absolute Gasteiger partial charge is 0.362 e. The number of benzene rings is 2. The summed E-state index contributed by atoms with van der Waals surface area (Å²) in [6, 6.07) is 15.1. The third-order valence-corrected chi connectivity index (χ3v) is 2.60. The molecule has 0 saturated heterocycles. The van der Waals surface area contributed by atoms with E-state index in [4.69, 9.17) is 4.84 Å². The van der Waals surface area contributed by atoms with Crippen molar-refractivity contribution in [2.75, 3.05) is 12.6 Å². The van der Waals surface area contributed by atoms with Crippen LogP contribution in [0.3, 0.4) is 0 Å². The zero-order valence-corrected chi connectivity index (χ0v) is 10.8. The number of carbonyl (C=O) groups is 2. The molecule has 0 bridgehead atoms. The second-order valence-electron chi connectivity index (χ2n) is 3.89. The van der Waals surface area contributed by atoms with Crippen LogP contribution in [0.15, 0.2) is 54.6 Å². The van der Waals surface area contributed by atoms with Crippen molar-refractivity contribution >= 4 is 17.6 Å². The van der Waals surface area contributed by atoms with Gasteiger partial charge in [-0.05, 0) is 24.3 Å². The predicted molar refractivity (Wildman–Crippen MR) is 73.3 cm³/mol. The van der Waals surface area contributed by atoms with Crippen LogP contribution in [0.1, 0.15) is 20.7 Å². The minimum absolute atomic E-state index is 0.288. The largest absolute Gasteiger partial charge is 0.465 e. The Morgan fingerprint density at radius 2 is 1.55 bits per heavy atom. The molecule has 0 aliphatic carbocycles. The summed E-state index contributed by atoms with van der Waals surface area (Å²) in [5.74, 6) is -1.05. The van der Waals surface area contributed by atoms with Crippen LogP contribution in [-0.4, -0.2) is 19.0 Å². The van der Waals surface area contributed by atoms with Crippen molar-refractivity contribution in [2.24, 2.45) is 0 Å². The summed E-state index contributed by atoms with van der Waals surface area (Å²) in [4.78, 5) is 28.3. The fourth-order valence-corrected chi connectivity index (χ4v) is 1.59. The lowest BCUT2D eigenvalue weighted by Crippen LogP contribution is -2.13. The van der Waals surface area contributed by atoms with Crippen LogP contribution in [0.2, 0.25) is 0 Å². The molecule has 0 atom stereocenters. The van der Waals surface area contributed by atoms with E-state index >= 15 is 0 Å². The first-order chi connectivity index (χ1) is 9.72. The number of para-hydroxylation sites is 1. The van der Waals surface area contributed by atoms with Crippen LogP contribution in [0.5, 0.6) is 0 Å². The number of anilines is 1. The fraction of sp³-hybridized carbons (Fsp3) is 0.0667. The molecule has 0 unspecified atom stereocenters. The average Bonchev–Trinajstić information content (AvgIpc) is 2.53. The van der Waals surface area contributed by atoms with Gasteiger partial charge in [-0.25, -0.2) is 15.1 Å². The maximum Gasteiger partial charge on any atom is 0.362 e. The molecule has 102 valence electrons. The Morgan fingerprint density at radius 1 is 0.900 bits per heavy atom. The second kappa shape index (κ2) is 6.38. The Hall–Kier alpha value is -2.82. The number of hydrogen-bond donors (Lipinski definition) is 1. The molecule has 0 aromatic heterocycles. The van der Waals surface area contributed by atoms with E-state index in [2.05, 4.69) is 10.2 Å². The highest BCUT2D eigenvalue weighted by Gasteiger charge is 2.13. The summed E-state index contributed by atoms with van der Waals surface area (Å²) >= 11 is 0. The molecule has 2 rings (SSSR count). The molecule has 20 heavy (non-hydrogen) atoms. The highest BCUT2D eigenvalue weighted by molar-refractivity contribution is 5.96. The number of hydrogen-bond acceptors (Lipinski definition) is 5. The molecule has 0 radical (unpaired) electrons. The summed E-state index contributed by atoms with van der Waals surface area (Å²) < 4.78 is 4.65. The molecule has 5 heteroatoms. The Morgan fingerprint density at radius 3 is 2.25 bits per heavy atom. The average molecular weight is 271 g/mol. The molecule has 5 nitrogen and oxygen atoms in total. The van der Waals surface area contributed by atoms with Gasteiger partial charge in [0.25, 0.3) is 0 Å². The van der Waals surface area contributed by atoms with E-state index in [1.807, 2.05) is 0 Å². The van der Waals surface area contributed by atoms with Crippen molar-refractivity contribution in [2.45, 2.75) is 0 Å². The lowest BCUT2D eigenvalue weighted by Gasteiger charge is -2.10. The summed E-state index contributed by atoms with van der Waals surface area (Å²) in [6.07, 6.45) is 0. The molecule has 0 saturated carbocycles. The van der Waals surface area contributed by atoms with Gasteiger partial charge in [-0.2, -0.15) is 0 Å². The van der Waals surface area contributed by atoms with Gasteiger partial charge in [0, 0.05) is 0 Å². The third kappa shape index (κ3) is 3.14. The minimum Gasteiger partial charge on any atom is -0.465 e. The van der Waals surface area contributed by atoms with Crippen molar-refractivity contribution in [3.63, 3.8) is 0 Å². The van der Waals surface area contributed by atoms with E-state index in [1.54, 1.807) is 54.6 Å². The van der Waals surface area contributed by atoms with E-state index in [0.717, 1.165) is 0 Å². The normalized spacial score (nSPS) is 9.65. The first-order valence-electron chi connectivity index (χ1n) is 5.92. The Balaban J connectivity index is 2.08. The second-order valence-corrected chi connectivity index (χ2v) is 3.89. The van der Waals surface area contributed by atoms with Crippen molar-refractivity contribution in [1.82, 2.24) is 0 Å². The summed E-state index contributed by atoms with van der Waals surface area (Å²) in [6.45, 7) is 0. The quantitative estimate of drug-likeness (QED) is 0.684. The van der Waals surface area contributed by atoms with Crippen molar-refractivity contribution in [3.05, 3.63) is 65.7 Å². The molecule has 0 aliphatic heterocycles. The third-order valence-electron chi connectivity index (χ3n) is 2.60. The molecule has 1 N–H and O–H groups in total. The maximum absolute atomic E-state index is 11.8. The van der Waals surface area contributed by atoms with Gasteiger partial charge in [0.05, 0.1) is 23.9 Å². The van der Waals surface area contributed by atoms with Crippen LogP contribution < -0.4 is 5.48 Å². The number of rotatable bonds is 4. The van der Waals surface area contributed by atoms with Crippen LogP contribution >= 0.6 is 0 Å². The van der Waals surface area contributed by atoms with E-state index in [-0.39, 0.29) is 5.56 Å². The fourth-order valence-electron chi connectivity index (χ4n) is 1.59. The summed E-state index contributed by atoms with van der Waals surface area (Å²) in [5.41, 5.74) is 3.54. The highest BCUT2D eigenvalue weighted by Crippen LogP contribution is 2.16. The van der Waals surface area contributed by atoms with Gasteiger partial charge in [0.2, 0.25) is 0 Å². The van der Waals surface area contributed by atoms with Gasteiger partial charge < -0.3 is 9.57 Å². The zero-order valence-electron chi connectivity index (χ0n) is 10.8. The molecular weight excluding hydrogens is 258 g/mol. The number of carbonyl (C=O) groups excluding carboxylic acids is 2. The lowest BCUT2D eigenvalue weighted by atomic mass is 10.2. The van der Waals surface area contributed by atoms with Gasteiger partial charge in [0.1, 0.15) is 0 Å². The molecule has 2 aromatic rings. The Bertz CT molecular complexity index is 610. The van der Waals surface area contributed by atoms with E-state index in [9.17, 15) is 9.59 Å². The SMILES string of the molecule is COC(=O)c1ccccc1NOC(=O)c1ccccc1. The molecule has 0 spiro atoms. The molecular formula is C15H13NO4. The van der Waals surface area contributed by atoms with Gasteiger partial charge >= 0.3 is 11.9 Å². The maximum atomic E-state index is 11.8. The number of nitrogens with one attached hydrogen (secondary N) is 1. The number of methoxy groups -OCH3 is 1. The van der Waals surface area contributed by atoms with Gasteiger partial charge in [-0.3, -0.25) is 0 Å². The van der Waals surface area contributed by atoms with E-state index < -0.39 is 11.9 Å². The van der Waals surface area contributed by atoms with E-state index in [1.165, 1.54) is 7.11 Å². The monoisotopic (exact) mass is 271 g/mol. The zero-order chi connectivity index (χ0) is 14.4. The van der Waals surface area contributed by atoms with Gasteiger partial charge in [-0.15, -0.1) is 0 Å². The van der Waals surface area contributed by atoms with E-state index in [0.29, 0.717) is 11.3 Å². The first-order valence-corrected chi connectivity index (χ1v) is 5.92. The molecule has 0 aliphatic rings. The summed E-state index contributed by atoms with van der Waals surface area (Å²) in [5, 5.41) is 0. The number of esters is 1. The Labute approximate surface area is 116 Å². The predicted octanol–water partition coefficient (Wildman–Crippen LogP) is 2.66. The van der Waals surface area contributed by atoms with Crippen molar-refractivity contribution < 1.29 is 19.2 Å². The van der Waals surface area contributed by atoms with Crippen LogP contribution in [0, 0.1) is 0 Å². The molecule has 0 heterocycles. The standard InChI is InChI=1S/C15H13NO4/c1-19-15(18)12-9-5-6-10-13(12)16-20-14(17)11-7-3-2-4-8-11/h2-10,16H,1H3. The molecule has 2 aromatic carbocycles. The van der Waals surface area contributed by atoms with Crippen LogP contribution in [0.25, 0.3) is 0 Å². The Kier molecular flexibility index (Phi) is 4.34. The van der Waals surface area contributed by atoms with Crippen LogP contribution in [-0.2, 0) is 9.57 Å². The molecule has 0 amide bonds. The van der Waals surface area contributed by atoms with Crippen molar-refractivity contribution in [3.8, 4) is 0 Å². The molecule has 0 fully saturated rings. The highest BCUT2D eigenvalue weighted by atomic mass is 16.7. The lowest BCUT2D eigenvalue weighted by molar-refractivity contribution is 0.0572. The van der Waals surface area contributed by atoms with Crippen LogP contribution in [0.4, 0.5) is 5.69 Å². The van der Waals surface area contributed by atoms with Gasteiger partial charge in [-0.1, -0.05) is 30.3 Å². The van der Waals surface area contributed by atoms with Gasteiger partial charge in [0.15, 0.2) is 0 Å². The van der Waals surface area contributed by atoms with Crippen molar-refractivity contribution in [1.29, 1.82) is 0 Å². The summed E-state index contributed by atoms with van der Waals surface area (Å²) in [7, 11) is 1.29. The topological polar surface area (TPSA) is 64.6 Å². The first kappa shape index (κ1) is 13.6. The minimum atomic E-state index is -0.537. The number of ether oxygens (including phenoxy) is 1.